The predicted molar refractivity (Wildman–Crippen MR) is 160 cm³/mol. The van der Waals surface area contributed by atoms with Crippen LogP contribution < -0.4 is 0 Å². The SMILES string of the molecule is CC(C)O.CC(C)O.CC(C)O.CC(C)O.O.[CH2-]C(CC)CCCC.[CH2-]C(CC)CCCC.[SnH3].[Ti+2]. The molecule has 0 aliphatic rings. The van der Waals surface area contributed by atoms with E-state index in [-0.39, 0.29) is 75.5 Å². The maximum atomic E-state index is 8.06. The molecule has 0 aromatic rings. The Hall–Kier alpha value is 1.31. The second kappa shape index (κ2) is 55.7. The summed E-state index contributed by atoms with van der Waals surface area (Å²) in [4.78, 5) is 0. The molecular formula is C28H71O5SnTi. The van der Waals surface area contributed by atoms with E-state index in [4.69, 9.17) is 20.4 Å². The van der Waals surface area contributed by atoms with Crippen molar-refractivity contribution in [3.8, 4) is 0 Å². The first kappa shape index (κ1) is 60.7. The number of hydrogen-bond donors (Lipinski definition) is 4. The van der Waals surface area contributed by atoms with Gasteiger partial charge in [-0.05, 0) is 55.4 Å². The average molecular weight is 654 g/mol. The summed E-state index contributed by atoms with van der Waals surface area (Å²) in [6.45, 7) is 30.6. The van der Waals surface area contributed by atoms with Gasteiger partial charge in [0.1, 0.15) is 0 Å². The third-order valence-corrected chi connectivity index (χ3v) is 3.09. The molecule has 0 aromatic carbocycles. The van der Waals surface area contributed by atoms with Crippen molar-refractivity contribution >= 4 is 23.9 Å². The number of unbranched alkanes of at least 4 members (excludes halogenated alkanes) is 2. The molecule has 0 aliphatic heterocycles. The zero-order valence-electron chi connectivity index (χ0n) is 26.3. The van der Waals surface area contributed by atoms with Gasteiger partial charge >= 0.3 is 45.6 Å². The van der Waals surface area contributed by atoms with Crippen molar-refractivity contribution in [2.75, 3.05) is 0 Å². The molecule has 1 radical (unpaired) electrons. The Labute approximate surface area is 254 Å². The summed E-state index contributed by atoms with van der Waals surface area (Å²) in [6.07, 6.45) is 9.75. The zero-order chi connectivity index (χ0) is 27.1. The van der Waals surface area contributed by atoms with Crippen LogP contribution in [-0.4, -0.2) is 74.2 Å². The fraction of sp³-hybridized carbons (Fsp3) is 0.929. The van der Waals surface area contributed by atoms with Gasteiger partial charge in [-0.25, -0.2) is 0 Å². The van der Waals surface area contributed by atoms with Gasteiger partial charge in [0.05, 0.1) is 0 Å². The van der Waals surface area contributed by atoms with E-state index in [1.807, 2.05) is 0 Å². The Bertz CT molecular complexity index is 221. The normalized spacial score (nSPS) is 10.5. The van der Waals surface area contributed by atoms with E-state index >= 15 is 0 Å². The van der Waals surface area contributed by atoms with E-state index in [0.29, 0.717) is 11.8 Å². The molecule has 0 amide bonds. The van der Waals surface area contributed by atoms with Crippen molar-refractivity contribution in [3.63, 3.8) is 0 Å². The van der Waals surface area contributed by atoms with Gasteiger partial charge in [-0.1, -0.05) is 79.1 Å². The van der Waals surface area contributed by atoms with Gasteiger partial charge in [0.2, 0.25) is 0 Å². The van der Waals surface area contributed by atoms with E-state index < -0.39 is 0 Å². The Morgan fingerprint density at radius 2 is 0.657 bits per heavy atom. The Morgan fingerprint density at radius 3 is 0.743 bits per heavy atom. The third-order valence-electron chi connectivity index (χ3n) is 3.09. The molecule has 2 atom stereocenters. The van der Waals surface area contributed by atoms with E-state index in [2.05, 4.69) is 41.5 Å². The summed E-state index contributed by atoms with van der Waals surface area (Å²) in [5, 5.41) is 32.2. The molecule has 0 aliphatic carbocycles. The molecule has 7 heteroatoms. The topological polar surface area (TPSA) is 112 Å². The van der Waals surface area contributed by atoms with E-state index in [0.717, 1.165) is 0 Å². The minimum absolute atomic E-state index is 0. The van der Waals surface area contributed by atoms with Gasteiger partial charge in [0, 0.05) is 24.4 Å². The molecule has 0 bridgehead atoms. The molecule has 0 saturated heterocycles. The van der Waals surface area contributed by atoms with Crippen LogP contribution in [-0.2, 0) is 21.7 Å². The average Bonchev–Trinajstić information content (AvgIpc) is 2.62. The van der Waals surface area contributed by atoms with Gasteiger partial charge in [-0.2, -0.15) is 11.8 Å². The van der Waals surface area contributed by atoms with E-state index in [9.17, 15) is 0 Å². The maximum absolute atomic E-state index is 8.06. The Morgan fingerprint density at radius 1 is 0.514 bits per heavy atom. The largest absolute Gasteiger partial charge is 2.00 e. The van der Waals surface area contributed by atoms with Crippen LogP contribution in [0.2, 0.25) is 0 Å². The summed E-state index contributed by atoms with van der Waals surface area (Å²) < 4.78 is 0. The van der Waals surface area contributed by atoms with Gasteiger partial charge in [0.15, 0.2) is 0 Å². The molecule has 35 heavy (non-hydrogen) atoms. The van der Waals surface area contributed by atoms with Crippen molar-refractivity contribution in [2.45, 2.75) is 159 Å². The quantitative estimate of drug-likeness (QED) is 0.201. The van der Waals surface area contributed by atoms with Crippen molar-refractivity contribution < 1.29 is 47.6 Å². The summed E-state index contributed by atoms with van der Waals surface area (Å²) in [5.74, 6) is 1.41. The summed E-state index contributed by atoms with van der Waals surface area (Å²) >= 11 is 0. The predicted octanol–water partition coefficient (Wildman–Crippen LogP) is 5.61. The van der Waals surface area contributed by atoms with Crippen LogP contribution in [0.5, 0.6) is 0 Å². The number of aliphatic hydroxyl groups is 4. The molecule has 5 nitrogen and oxygen atoms in total. The Balaban J connectivity index is -0.0000000336. The maximum Gasteiger partial charge on any atom is 2.00 e. The third kappa shape index (κ3) is 221. The van der Waals surface area contributed by atoms with Crippen LogP contribution >= 0.6 is 0 Å². The van der Waals surface area contributed by atoms with Gasteiger partial charge in [-0.15, -0.1) is 0 Å². The van der Waals surface area contributed by atoms with Crippen LogP contribution in [0.4, 0.5) is 0 Å². The fourth-order valence-corrected chi connectivity index (χ4v) is 1.39. The number of hydrogen-bond acceptors (Lipinski definition) is 4. The van der Waals surface area contributed by atoms with E-state index in [1.165, 1.54) is 51.4 Å². The first-order valence-corrected chi connectivity index (χ1v) is 12.9. The monoisotopic (exact) mass is 655 g/mol. The zero-order valence-corrected chi connectivity index (χ0v) is 33.6. The molecule has 0 fully saturated rings. The van der Waals surface area contributed by atoms with Gasteiger partial charge in [-0.3, -0.25) is 0 Å². The first-order chi connectivity index (χ1) is 14.5. The first-order valence-electron chi connectivity index (χ1n) is 12.9. The molecule has 0 saturated carbocycles. The molecule has 221 valence electrons. The van der Waals surface area contributed by atoms with Crippen LogP contribution in [0.15, 0.2) is 0 Å². The van der Waals surface area contributed by atoms with Crippen molar-refractivity contribution in [1.29, 1.82) is 0 Å². The summed E-state index contributed by atoms with van der Waals surface area (Å²) in [6, 6.07) is 0. The molecule has 2 unspecified atom stereocenters. The molecule has 0 rings (SSSR count). The second-order valence-corrected chi connectivity index (χ2v) is 9.21. The minimum Gasteiger partial charge on any atom is 2.00 e. The molecule has 0 aromatic heterocycles. The molecule has 0 heterocycles. The number of rotatable bonds is 8. The number of aliphatic hydroxyl groups excluding tert-OH is 4. The smallest absolute Gasteiger partial charge is 2.00 e. The summed E-state index contributed by atoms with van der Waals surface area (Å²) in [5.41, 5.74) is 0. The van der Waals surface area contributed by atoms with Gasteiger partial charge in [0.25, 0.3) is 0 Å². The van der Waals surface area contributed by atoms with Crippen molar-refractivity contribution in [2.24, 2.45) is 11.8 Å². The molecule has 0 spiro atoms. The van der Waals surface area contributed by atoms with Crippen LogP contribution in [0.3, 0.4) is 0 Å². The minimum atomic E-state index is -0.167. The van der Waals surface area contributed by atoms with Gasteiger partial charge < -0.3 is 39.7 Å². The second-order valence-electron chi connectivity index (χ2n) is 9.21. The summed E-state index contributed by atoms with van der Waals surface area (Å²) in [7, 11) is 0. The Kier molecular flexibility index (Phi) is 96.7. The van der Waals surface area contributed by atoms with Crippen LogP contribution in [0.1, 0.15) is 134 Å². The molecular weight excluding hydrogens is 583 g/mol. The van der Waals surface area contributed by atoms with Crippen molar-refractivity contribution in [1.82, 2.24) is 0 Å². The fourth-order valence-electron chi connectivity index (χ4n) is 1.39. The van der Waals surface area contributed by atoms with E-state index in [1.54, 1.807) is 55.4 Å². The standard InChI is InChI=1S/2C8H17.4C3H8O.H2O.Sn.Ti.3H/c2*1-4-6-7-8(3)5-2;4*1-3(2)4;;;;;;/h2*8H,3-7H2,1-2H3;4*3-4H,1-2H3;1H2;;;;;/q2*-1;;;;;;;+2;;;. The van der Waals surface area contributed by atoms with Crippen molar-refractivity contribution in [3.05, 3.63) is 13.8 Å². The van der Waals surface area contributed by atoms with Crippen LogP contribution in [0.25, 0.3) is 0 Å². The van der Waals surface area contributed by atoms with Crippen LogP contribution in [0, 0.1) is 25.7 Å². The molecule has 6 N–H and O–H groups in total.